The van der Waals surface area contributed by atoms with Gasteiger partial charge in [-0.3, -0.25) is 0 Å². The van der Waals surface area contributed by atoms with Crippen LogP contribution in [-0.2, 0) is 0 Å². The Hall–Kier alpha value is -1.07. The molecule has 0 unspecified atom stereocenters. The largest absolute Gasteiger partial charge is 0.507 e. The van der Waals surface area contributed by atoms with Crippen LogP contribution in [0.2, 0.25) is 0 Å². The summed E-state index contributed by atoms with van der Waals surface area (Å²) in [7, 11) is -0.750. The van der Waals surface area contributed by atoms with E-state index in [4.69, 9.17) is 15.2 Å². The smallest absolute Gasteiger partial charge is 0.432 e. The van der Waals surface area contributed by atoms with Crippen molar-refractivity contribution in [2.24, 2.45) is 0 Å². The van der Waals surface area contributed by atoms with Gasteiger partial charge in [-0.2, -0.15) is 0 Å². The molecule has 0 heterocycles. The molecule has 2 rings (SSSR count). The van der Waals surface area contributed by atoms with Gasteiger partial charge in [0.1, 0.15) is 11.6 Å². The molecule has 0 aromatic carbocycles. The van der Waals surface area contributed by atoms with Crippen molar-refractivity contribution in [1.29, 1.82) is 0 Å². The topological polar surface area (TPSA) is 60.7 Å². The fourth-order valence-electron chi connectivity index (χ4n) is 0.793. The van der Waals surface area contributed by atoms with Gasteiger partial charge in [0.25, 0.3) is 0 Å². The molecule has 0 aromatic heterocycles. The molecule has 2 aliphatic carbocycles. The van der Waals surface area contributed by atoms with Crippen LogP contribution in [0, 0.1) is 5.82 Å². The molecule has 11 heavy (non-hydrogen) atoms. The van der Waals surface area contributed by atoms with Crippen LogP contribution < -0.4 is 0 Å². The monoisotopic (exact) mass is 156 g/mol. The highest BCUT2D eigenvalue weighted by atomic mass is 19.1. The third-order valence-corrected chi connectivity index (χ3v) is 1.29. The predicted molar refractivity (Wildman–Crippen MR) is 38.6 cm³/mol. The van der Waals surface area contributed by atoms with Gasteiger partial charge < -0.3 is 15.2 Å². The lowest BCUT2D eigenvalue weighted by Gasteiger charge is -1.73. The van der Waals surface area contributed by atoms with Crippen molar-refractivity contribution in [2.75, 3.05) is 0 Å². The number of hydrogen-bond acceptors (Lipinski definition) is 3. The number of phenols is 1. The normalized spacial score (nSPS) is 9.73. The van der Waals surface area contributed by atoms with Gasteiger partial charge in [0.2, 0.25) is 0 Å². The van der Waals surface area contributed by atoms with E-state index in [0.29, 0.717) is 11.1 Å². The van der Waals surface area contributed by atoms with Crippen LogP contribution in [0.25, 0.3) is 11.1 Å². The zero-order valence-corrected chi connectivity index (χ0v) is 5.58. The Morgan fingerprint density at radius 3 is 1.82 bits per heavy atom. The van der Waals surface area contributed by atoms with E-state index in [1.165, 1.54) is 0 Å². The molecule has 0 radical (unpaired) electrons. The third-order valence-electron chi connectivity index (χ3n) is 1.29. The summed E-state index contributed by atoms with van der Waals surface area (Å²) in [6.07, 6.45) is 0. The molecule has 3 N–H and O–H groups in total. The second kappa shape index (κ2) is 2.90. The summed E-state index contributed by atoms with van der Waals surface area (Å²) in [5.41, 5.74) is 1.24. The maximum atomic E-state index is 12.2. The number of aromatic hydroxyl groups is 1. The zero-order chi connectivity index (χ0) is 8.43. The Labute approximate surface area is 63.0 Å². The van der Waals surface area contributed by atoms with Gasteiger partial charge in [0.05, 0.1) is 0 Å². The van der Waals surface area contributed by atoms with Gasteiger partial charge in [-0.05, 0) is 6.07 Å². The molecule has 0 amide bonds. The molecular formula is C6H6BFO3. The highest BCUT2D eigenvalue weighted by Gasteiger charge is 2.23. The van der Waals surface area contributed by atoms with Crippen molar-refractivity contribution in [3.05, 3.63) is 17.9 Å². The van der Waals surface area contributed by atoms with Crippen molar-refractivity contribution < 1.29 is 19.5 Å². The van der Waals surface area contributed by atoms with Gasteiger partial charge in [0.15, 0.2) is 0 Å². The Morgan fingerprint density at radius 1 is 1.18 bits per heavy atom. The van der Waals surface area contributed by atoms with Crippen LogP contribution in [0.5, 0.6) is 5.75 Å². The van der Waals surface area contributed by atoms with Crippen LogP contribution in [0.1, 0.15) is 0 Å². The van der Waals surface area contributed by atoms with E-state index in [1.807, 2.05) is 0 Å². The molecule has 0 spiro atoms. The van der Waals surface area contributed by atoms with E-state index in [2.05, 4.69) is 0 Å². The first-order valence-corrected chi connectivity index (χ1v) is 2.95. The summed E-state index contributed by atoms with van der Waals surface area (Å²) in [5, 5.41) is 23.0. The predicted octanol–water partition coefficient (Wildman–Crippen LogP) is -0.251. The lowest BCUT2D eigenvalue weighted by molar-refractivity contribution is 0.448. The number of halogens is 1. The fourth-order valence-corrected chi connectivity index (χ4v) is 0.793. The molecule has 5 heteroatoms. The number of hydrogen-bond donors (Lipinski definition) is 3. The minimum Gasteiger partial charge on any atom is -0.507 e. The second-order valence-electron chi connectivity index (χ2n) is 1.99. The molecule has 0 saturated heterocycles. The Bertz CT molecular complexity index is 254. The number of fused-ring (bicyclic) bond motifs is 1. The van der Waals surface area contributed by atoms with Gasteiger partial charge >= 0.3 is 7.69 Å². The van der Waals surface area contributed by atoms with E-state index in [0.717, 1.165) is 6.07 Å². The summed E-state index contributed by atoms with van der Waals surface area (Å²) in [6, 6.07) is 2.75. The van der Waals surface area contributed by atoms with Crippen molar-refractivity contribution >= 4 is 7.69 Å². The maximum absolute atomic E-state index is 12.2. The molecule has 2 aliphatic rings. The third kappa shape index (κ3) is 1.50. The molecule has 0 saturated carbocycles. The fraction of sp³-hybridized carbons (Fsp3) is 0. The van der Waals surface area contributed by atoms with Crippen LogP contribution in [0.4, 0.5) is 4.39 Å². The average molecular weight is 156 g/mol. The quantitative estimate of drug-likeness (QED) is 0.461. The van der Waals surface area contributed by atoms with Crippen LogP contribution in [0.15, 0.2) is 12.1 Å². The highest BCUT2D eigenvalue weighted by Crippen LogP contribution is 2.45. The first-order chi connectivity index (χ1) is 5.20. The molecular weight excluding hydrogens is 150 g/mol. The number of rotatable bonds is 0. The van der Waals surface area contributed by atoms with Crippen LogP contribution >= 0.6 is 0 Å². The average Bonchev–Trinajstić information content (AvgIpc) is 2.61. The molecule has 3 nitrogen and oxygen atoms in total. The Balaban J connectivity index is 0.000000179. The Kier molecular flexibility index (Phi) is 2.12. The lowest BCUT2D eigenvalue weighted by atomic mass is 10.5. The van der Waals surface area contributed by atoms with Gasteiger partial charge in [0, 0.05) is 17.2 Å². The second-order valence-corrected chi connectivity index (χ2v) is 1.99. The number of benzene rings is 1. The van der Waals surface area contributed by atoms with E-state index in [9.17, 15) is 4.39 Å². The van der Waals surface area contributed by atoms with E-state index >= 15 is 0 Å². The van der Waals surface area contributed by atoms with E-state index in [1.54, 1.807) is 6.07 Å². The van der Waals surface area contributed by atoms with Gasteiger partial charge in [-0.25, -0.2) is 4.39 Å². The summed E-state index contributed by atoms with van der Waals surface area (Å²) < 4.78 is 12.2. The summed E-state index contributed by atoms with van der Waals surface area (Å²) in [5.74, 6) is -0.241. The molecule has 0 aromatic rings. The van der Waals surface area contributed by atoms with Crippen LogP contribution in [0.3, 0.4) is 0 Å². The first-order valence-electron chi connectivity index (χ1n) is 2.95. The van der Waals surface area contributed by atoms with Crippen molar-refractivity contribution in [2.45, 2.75) is 0 Å². The molecule has 0 fully saturated rings. The first kappa shape index (κ1) is 8.04. The minimum atomic E-state index is -0.750. The van der Waals surface area contributed by atoms with E-state index < -0.39 is 7.69 Å². The molecule has 58 valence electrons. The van der Waals surface area contributed by atoms with Gasteiger partial charge in [-0.1, -0.05) is 0 Å². The highest BCUT2D eigenvalue weighted by molar-refractivity contribution is 6.13. The van der Waals surface area contributed by atoms with Crippen LogP contribution in [-0.4, -0.2) is 22.8 Å². The summed E-state index contributed by atoms with van der Waals surface area (Å²) in [6.45, 7) is 0. The molecule has 0 aliphatic heterocycles. The minimum absolute atomic E-state index is 0.0671. The van der Waals surface area contributed by atoms with E-state index in [-0.39, 0.29) is 11.6 Å². The molecule has 0 bridgehead atoms. The lowest BCUT2D eigenvalue weighted by Crippen LogP contribution is -1.75. The maximum Gasteiger partial charge on any atom is 0.432 e. The standard InChI is InChI=1S/C6H3FO.BH3O2/c7-5-2-6(8)4-1-3(4)5;2-1-3/h1-2,8H;1-3H. The Morgan fingerprint density at radius 2 is 1.73 bits per heavy atom. The zero-order valence-electron chi connectivity index (χ0n) is 5.58. The van der Waals surface area contributed by atoms with Crippen molar-refractivity contribution in [3.63, 3.8) is 0 Å². The van der Waals surface area contributed by atoms with Crippen molar-refractivity contribution in [1.82, 2.24) is 0 Å². The van der Waals surface area contributed by atoms with Crippen molar-refractivity contribution in [3.8, 4) is 16.9 Å². The summed E-state index contributed by atoms with van der Waals surface area (Å²) >= 11 is 0. The number of phenolic OH excluding ortho intramolecular Hbond substituents is 1. The molecule has 0 atom stereocenters. The summed E-state index contributed by atoms with van der Waals surface area (Å²) in [4.78, 5) is 0. The van der Waals surface area contributed by atoms with Gasteiger partial charge in [-0.15, -0.1) is 0 Å². The SMILES string of the molecule is OBO.Oc1cc(F)c2cc1-2.